The number of nitriles is 1. The lowest BCUT2D eigenvalue weighted by Crippen LogP contribution is -2.17. The van der Waals surface area contributed by atoms with Crippen LogP contribution in [0.15, 0.2) is 84.0 Å². The Morgan fingerprint density at radius 3 is 2.53 bits per heavy atom. The Kier molecular flexibility index (Phi) is 6.70. The van der Waals surface area contributed by atoms with Gasteiger partial charge in [0.05, 0.1) is 30.5 Å². The number of fused-ring (bicyclic) bond motifs is 1. The first-order valence-electron chi connectivity index (χ1n) is 10.4. The molecule has 0 radical (unpaired) electrons. The average Bonchev–Trinajstić information content (AvgIpc) is 2.87. The summed E-state index contributed by atoms with van der Waals surface area (Å²) in [6.07, 6.45) is 1.47. The molecule has 0 aromatic heterocycles. The van der Waals surface area contributed by atoms with Crippen LogP contribution in [0.3, 0.4) is 0 Å². The van der Waals surface area contributed by atoms with E-state index in [1.54, 1.807) is 42.5 Å². The van der Waals surface area contributed by atoms with Crippen molar-refractivity contribution < 1.29 is 19.4 Å². The molecule has 2 N–H and O–H groups in total. The van der Waals surface area contributed by atoms with E-state index in [9.17, 15) is 15.2 Å². The van der Waals surface area contributed by atoms with Gasteiger partial charge in [-0.1, -0.05) is 42.5 Å². The minimum Gasteiger partial charge on any atom is -0.507 e. The highest BCUT2D eigenvalue weighted by Gasteiger charge is 2.12. The highest BCUT2D eigenvalue weighted by Crippen LogP contribution is 2.29. The number of hydrogen-bond donors (Lipinski definition) is 2. The molecule has 0 saturated carbocycles. The van der Waals surface area contributed by atoms with E-state index in [4.69, 9.17) is 9.47 Å². The lowest BCUT2D eigenvalue weighted by atomic mass is 10.1. The summed E-state index contributed by atoms with van der Waals surface area (Å²) >= 11 is 0. The zero-order valence-corrected chi connectivity index (χ0v) is 18.4. The first-order valence-corrected chi connectivity index (χ1v) is 10.4. The van der Waals surface area contributed by atoms with E-state index in [1.165, 1.54) is 13.3 Å². The van der Waals surface area contributed by atoms with Crippen molar-refractivity contribution in [3.8, 4) is 23.3 Å². The molecule has 0 heterocycles. The third kappa shape index (κ3) is 4.97. The van der Waals surface area contributed by atoms with Gasteiger partial charge in [0.25, 0.3) is 5.91 Å². The van der Waals surface area contributed by atoms with Crippen LogP contribution in [-0.4, -0.2) is 24.3 Å². The minimum absolute atomic E-state index is 0.118. The van der Waals surface area contributed by atoms with Gasteiger partial charge in [-0.3, -0.25) is 4.79 Å². The second-order valence-electron chi connectivity index (χ2n) is 7.38. The maximum absolute atomic E-state index is 12.5. The molecular weight excluding hydrogens is 430 g/mol. The van der Waals surface area contributed by atoms with Crippen molar-refractivity contribution in [2.24, 2.45) is 5.10 Å². The Bertz CT molecular complexity index is 1420. The third-order valence-electron chi connectivity index (χ3n) is 5.20. The van der Waals surface area contributed by atoms with Crippen molar-refractivity contribution in [3.05, 3.63) is 101 Å². The zero-order valence-electron chi connectivity index (χ0n) is 18.4. The van der Waals surface area contributed by atoms with E-state index < -0.39 is 5.91 Å². The SMILES string of the molecule is COc1cc(C=NNC(=O)c2cc3ccccc3cc2O)ccc1OCc1ccccc1C#N. The first kappa shape index (κ1) is 22.4. The topological polar surface area (TPSA) is 104 Å². The van der Waals surface area contributed by atoms with Gasteiger partial charge < -0.3 is 14.6 Å². The lowest BCUT2D eigenvalue weighted by molar-refractivity contribution is 0.0952. The van der Waals surface area contributed by atoms with Gasteiger partial charge >= 0.3 is 0 Å². The van der Waals surface area contributed by atoms with Crippen molar-refractivity contribution in [1.29, 1.82) is 5.26 Å². The number of nitrogens with zero attached hydrogens (tertiary/aromatic N) is 2. The number of methoxy groups -OCH3 is 1. The number of hydrogen-bond acceptors (Lipinski definition) is 6. The van der Waals surface area contributed by atoms with Crippen LogP contribution in [0.4, 0.5) is 0 Å². The van der Waals surface area contributed by atoms with Crippen LogP contribution in [0.5, 0.6) is 17.2 Å². The number of carbonyl (C=O) groups is 1. The van der Waals surface area contributed by atoms with Gasteiger partial charge in [0.1, 0.15) is 12.4 Å². The molecule has 4 rings (SSSR count). The van der Waals surface area contributed by atoms with Crippen LogP contribution in [0.25, 0.3) is 10.8 Å². The van der Waals surface area contributed by atoms with Crippen LogP contribution in [0.2, 0.25) is 0 Å². The summed E-state index contributed by atoms with van der Waals surface area (Å²) in [5.41, 5.74) is 4.57. The molecule has 1 amide bonds. The largest absolute Gasteiger partial charge is 0.507 e. The van der Waals surface area contributed by atoms with Gasteiger partial charge in [0.2, 0.25) is 0 Å². The van der Waals surface area contributed by atoms with Crippen LogP contribution in [0.1, 0.15) is 27.0 Å². The molecule has 0 atom stereocenters. The Balaban J connectivity index is 1.44. The van der Waals surface area contributed by atoms with E-state index in [1.807, 2.05) is 36.4 Å². The van der Waals surface area contributed by atoms with Gasteiger partial charge in [0.15, 0.2) is 11.5 Å². The molecule has 0 spiro atoms. The van der Waals surface area contributed by atoms with Gasteiger partial charge in [-0.2, -0.15) is 10.4 Å². The summed E-state index contributed by atoms with van der Waals surface area (Å²) in [6.45, 7) is 0.221. The fourth-order valence-corrected chi connectivity index (χ4v) is 3.43. The van der Waals surface area contributed by atoms with Crippen molar-refractivity contribution >= 4 is 22.9 Å². The smallest absolute Gasteiger partial charge is 0.275 e. The van der Waals surface area contributed by atoms with Crippen LogP contribution in [-0.2, 0) is 6.61 Å². The molecule has 0 unspecified atom stereocenters. The van der Waals surface area contributed by atoms with Gasteiger partial charge in [-0.15, -0.1) is 0 Å². The van der Waals surface area contributed by atoms with Crippen LogP contribution < -0.4 is 14.9 Å². The van der Waals surface area contributed by atoms with Crippen LogP contribution >= 0.6 is 0 Å². The molecule has 0 fully saturated rings. The fourth-order valence-electron chi connectivity index (χ4n) is 3.43. The van der Waals surface area contributed by atoms with Crippen molar-refractivity contribution in [3.63, 3.8) is 0 Å². The van der Waals surface area contributed by atoms with Crippen LogP contribution in [0, 0.1) is 11.3 Å². The first-order chi connectivity index (χ1) is 16.6. The van der Waals surface area contributed by atoms with E-state index in [0.717, 1.165) is 16.3 Å². The molecule has 0 aliphatic carbocycles. The number of nitrogens with one attached hydrogen (secondary N) is 1. The standard InChI is InChI=1S/C27H21N3O4/c1-33-26-12-18(10-11-25(26)34-17-22-9-5-4-8-21(22)15-28)16-29-30-27(32)23-13-19-6-2-3-7-20(19)14-24(23)31/h2-14,16,31H,17H2,1H3,(H,30,32). The maximum Gasteiger partial charge on any atom is 0.275 e. The number of carbonyl (C=O) groups excluding carboxylic acids is 1. The van der Waals surface area contributed by atoms with E-state index in [-0.39, 0.29) is 17.9 Å². The summed E-state index contributed by atoms with van der Waals surface area (Å²) in [5.74, 6) is 0.351. The predicted octanol–water partition coefficient (Wildman–Crippen LogP) is 4.77. The molecule has 0 bridgehead atoms. The van der Waals surface area contributed by atoms with Crippen molar-refractivity contribution in [2.75, 3.05) is 7.11 Å². The molecule has 168 valence electrons. The van der Waals surface area contributed by atoms with Gasteiger partial charge in [0, 0.05) is 5.56 Å². The number of aromatic hydroxyl groups is 1. The predicted molar refractivity (Wildman–Crippen MR) is 129 cm³/mol. The number of ether oxygens (including phenoxy) is 2. The molecule has 34 heavy (non-hydrogen) atoms. The highest BCUT2D eigenvalue weighted by atomic mass is 16.5. The molecule has 7 heteroatoms. The highest BCUT2D eigenvalue weighted by molar-refractivity contribution is 6.01. The van der Waals surface area contributed by atoms with E-state index in [2.05, 4.69) is 16.6 Å². The monoisotopic (exact) mass is 451 g/mol. The summed E-state index contributed by atoms with van der Waals surface area (Å²) in [4.78, 5) is 12.5. The summed E-state index contributed by atoms with van der Waals surface area (Å²) in [7, 11) is 1.52. The molecule has 0 aliphatic rings. The summed E-state index contributed by atoms with van der Waals surface area (Å²) < 4.78 is 11.3. The lowest BCUT2D eigenvalue weighted by Gasteiger charge is -2.12. The summed E-state index contributed by atoms with van der Waals surface area (Å²) in [6, 6.07) is 25.2. The molecular formula is C27H21N3O4. The Labute approximate surface area is 196 Å². The Morgan fingerprint density at radius 1 is 1.03 bits per heavy atom. The molecule has 7 nitrogen and oxygen atoms in total. The normalized spacial score (nSPS) is 10.7. The second-order valence-corrected chi connectivity index (χ2v) is 7.38. The molecule has 0 aliphatic heterocycles. The second kappa shape index (κ2) is 10.2. The van der Waals surface area contributed by atoms with Crippen molar-refractivity contribution in [2.45, 2.75) is 6.61 Å². The van der Waals surface area contributed by atoms with Crippen molar-refractivity contribution in [1.82, 2.24) is 5.43 Å². The van der Waals surface area contributed by atoms with E-state index >= 15 is 0 Å². The molecule has 4 aromatic rings. The molecule has 4 aromatic carbocycles. The summed E-state index contributed by atoms with van der Waals surface area (Å²) in [5, 5.41) is 25.1. The van der Waals surface area contributed by atoms with Gasteiger partial charge in [-0.25, -0.2) is 5.43 Å². The number of benzene rings is 4. The zero-order chi connectivity index (χ0) is 23.9. The number of hydrazone groups is 1. The average molecular weight is 451 g/mol. The minimum atomic E-state index is -0.525. The number of amides is 1. The van der Waals surface area contributed by atoms with E-state index in [0.29, 0.717) is 22.6 Å². The maximum atomic E-state index is 12.5. The Morgan fingerprint density at radius 2 is 1.76 bits per heavy atom. The van der Waals surface area contributed by atoms with Gasteiger partial charge in [-0.05, 0) is 52.7 Å². The Hall–Kier alpha value is -4.83. The number of phenolic OH excluding ortho intramolecular Hbond substituents is 1. The quantitative estimate of drug-likeness (QED) is 0.311. The number of phenols is 1. The fraction of sp³-hybridized carbons (Fsp3) is 0.0741. The third-order valence-corrected chi connectivity index (χ3v) is 5.20. The number of rotatable bonds is 7. The molecule has 0 saturated heterocycles.